The van der Waals surface area contributed by atoms with Gasteiger partial charge in [-0.25, -0.2) is 5.01 Å². The van der Waals surface area contributed by atoms with Crippen molar-refractivity contribution in [3.63, 3.8) is 0 Å². The van der Waals surface area contributed by atoms with Gasteiger partial charge in [0.05, 0.1) is 16.7 Å². The Hall–Kier alpha value is -3.31. The second kappa shape index (κ2) is 7.37. The fraction of sp³-hybridized carbons (Fsp3) is 0.176. The van der Waals surface area contributed by atoms with Crippen LogP contribution in [0.5, 0.6) is 5.75 Å². The van der Waals surface area contributed by atoms with Gasteiger partial charge in [-0.3, -0.25) is 14.9 Å². The first-order valence-electron chi connectivity index (χ1n) is 8.08. The summed E-state index contributed by atoms with van der Waals surface area (Å²) in [5.74, 6) is -0.215. The molecule has 0 radical (unpaired) electrons. The lowest BCUT2D eigenvalue weighted by Gasteiger charge is -2.20. The number of hydrogen-bond acceptors (Lipinski definition) is 7. The number of nitrogens with two attached hydrogens (primary N) is 1. The highest BCUT2D eigenvalue weighted by molar-refractivity contribution is 7.84. The second-order valence-electron chi connectivity index (χ2n) is 6.08. The molecule has 28 heavy (non-hydrogen) atoms. The van der Waals surface area contributed by atoms with E-state index >= 15 is 0 Å². The summed E-state index contributed by atoms with van der Waals surface area (Å²) in [6.45, 7) is 1.38. The van der Waals surface area contributed by atoms with E-state index in [0.29, 0.717) is 23.3 Å². The highest BCUT2D eigenvalue weighted by Gasteiger charge is 2.31. The van der Waals surface area contributed by atoms with Crippen LogP contribution in [0.15, 0.2) is 53.6 Å². The van der Waals surface area contributed by atoms with Gasteiger partial charge in [0.15, 0.2) is 0 Å². The number of rotatable bonds is 5. The molecule has 0 saturated carbocycles. The molecule has 11 heteroatoms. The van der Waals surface area contributed by atoms with Crippen molar-refractivity contribution in [2.45, 2.75) is 19.4 Å². The Kier molecular flexibility index (Phi) is 5.12. The smallest absolute Gasteiger partial charge is 0.371 e. The predicted molar refractivity (Wildman–Crippen MR) is 99.7 cm³/mol. The Labute approximate surface area is 160 Å². The van der Waals surface area contributed by atoms with Gasteiger partial charge < -0.3 is 4.18 Å². The molecule has 10 nitrogen and oxygen atoms in total. The van der Waals surface area contributed by atoms with E-state index in [0.717, 1.165) is 0 Å². The van der Waals surface area contributed by atoms with Crippen molar-refractivity contribution in [1.29, 1.82) is 0 Å². The summed E-state index contributed by atoms with van der Waals surface area (Å²) < 4.78 is 26.5. The second-order valence-corrected chi connectivity index (χ2v) is 7.23. The maximum absolute atomic E-state index is 12.0. The van der Waals surface area contributed by atoms with Crippen LogP contribution in [0.2, 0.25) is 0 Å². The monoisotopic (exact) mass is 404 g/mol. The summed E-state index contributed by atoms with van der Waals surface area (Å²) in [6, 6.07) is 11.6. The van der Waals surface area contributed by atoms with E-state index < -0.39 is 21.3 Å². The van der Waals surface area contributed by atoms with Gasteiger partial charge in [-0.05, 0) is 35.4 Å². The van der Waals surface area contributed by atoms with Crippen LogP contribution in [0.3, 0.4) is 0 Å². The van der Waals surface area contributed by atoms with E-state index in [1.54, 1.807) is 24.3 Å². The summed E-state index contributed by atoms with van der Waals surface area (Å²) in [5, 5.41) is 21.3. The molecule has 1 aliphatic heterocycles. The minimum atomic E-state index is -4.11. The minimum Gasteiger partial charge on any atom is -0.371 e. The number of carbonyl (C=O) groups is 1. The van der Waals surface area contributed by atoms with Gasteiger partial charge in [-0.1, -0.05) is 12.1 Å². The zero-order valence-corrected chi connectivity index (χ0v) is 15.5. The van der Waals surface area contributed by atoms with Crippen LogP contribution in [0.4, 0.5) is 5.69 Å². The van der Waals surface area contributed by atoms with Crippen LogP contribution in [0.1, 0.15) is 30.5 Å². The van der Waals surface area contributed by atoms with Crippen molar-refractivity contribution in [2.24, 2.45) is 10.2 Å². The van der Waals surface area contributed by atoms with E-state index in [9.17, 15) is 23.3 Å². The van der Waals surface area contributed by atoms with Gasteiger partial charge in [-0.15, -0.1) is 0 Å². The molecule has 146 valence electrons. The topological polar surface area (TPSA) is 145 Å². The summed E-state index contributed by atoms with van der Waals surface area (Å²) in [4.78, 5) is 22.3. The molecule has 0 spiro atoms. The zero-order valence-electron chi connectivity index (χ0n) is 14.7. The van der Waals surface area contributed by atoms with Crippen molar-refractivity contribution in [3.8, 4) is 5.75 Å². The molecular formula is C17H16N4O6S. The average molecular weight is 404 g/mol. The van der Waals surface area contributed by atoms with E-state index in [2.05, 4.69) is 9.28 Å². The quantitative estimate of drug-likeness (QED) is 0.595. The van der Waals surface area contributed by atoms with E-state index in [1.165, 1.54) is 36.2 Å². The van der Waals surface area contributed by atoms with Crippen LogP contribution in [-0.4, -0.2) is 30.0 Å². The Bertz CT molecular complexity index is 1050. The number of carbonyl (C=O) groups excluding carboxylic acids is 1. The molecule has 1 unspecified atom stereocenters. The van der Waals surface area contributed by atoms with Crippen LogP contribution in [0, 0.1) is 10.1 Å². The van der Waals surface area contributed by atoms with Crippen molar-refractivity contribution in [3.05, 3.63) is 69.8 Å². The van der Waals surface area contributed by atoms with Gasteiger partial charge in [0, 0.05) is 25.5 Å². The highest BCUT2D eigenvalue weighted by atomic mass is 32.2. The van der Waals surface area contributed by atoms with E-state index in [4.69, 9.17) is 5.14 Å². The van der Waals surface area contributed by atoms with Gasteiger partial charge in [0.2, 0.25) is 5.91 Å². The Balaban J connectivity index is 1.85. The van der Waals surface area contributed by atoms with Crippen LogP contribution >= 0.6 is 0 Å². The Morgan fingerprint density at radius 1 is 1.21 bits per heavy atom. The Morgan fingerprint density at radius 2 is 1.82 bits per heavy atom. The van der Waals surface area contributed by atoms with Gasteiger partial charge >= 0.3 is 10.3 Å². The molecule has 0 aliphatic carbocycles. The molecular weight excluding hydrogens is 388 g/mol. The molecule has 1 atom stereocenters. The summed E-state index contributed by atoms with van der Waals surface area (Å²) in [5.41, 5.74) is 1.97. The molecule has 0 saturated heterocycles. The number of hydrogen-bond donors (Lipinski definition) is 1. The number of nitro benzene ring substituents is 1. The van der Waals surface area contributed by atoms with Crippen molar-refractivity contribution < 1.29 is 22.3 Å². The average Bonchev–Trinajstić information content (AvgIpc) is 3.07. The van der Waals surface area contributed by atoms with E-state index in [-0.39, 0.29) is 17.3 Å². The molecule has 2 aromatic carbocycles. The number of nitrogens with zero attached hydrogens (tertiary/aromatic N) is 3. The highest BCUT2D eigenvalue weighted by Crippen LogP contribution is 2.33. The van der Waals surface area contributed by atoms with Crippen LogP contribution < -0.4 is 9.32 Å². The first kappa shape index (κ1) is 19.5. The maximum Gasteiger partial charge on any atom is 0.380 e. The molecule has 1 aliphatic rings. The summed E-state index contributed by atoms with van der Waals surface area (Å²) >= 11 is 0. The van der Waals surface area contributed by atoms with Gasteiger partial charge in [0.1, 0.15) is 5.75 Å². The normalized spacial score (nSPS) is 16.6. The number of hydrazone groups is 1. The fourth-order valence-corrected chi connectivity index (χ4v) is 3.27. The number of nitro groups is 1. The number of amides is 1. The first-order chi connectivity index (χ1) is 13.1. The molecule has 2 aromatic rings. The summed E-state index contributed by atoms with van der Waals surface area (Å²) in [6.07, 6.45) is 0.396. The molecule has 0 bridgehead atoms. The third-order valence-electron chi connectivity index (χ3n) is 4.12. The Morgan fingerprint density at radius 3 is 2.32 bits per heavy atom. The molecule has 1 amide bonds. The lowest BCUT2D eigenvalue weighted by Crippen LogP contribution is -2.24. The summed E-state index contributed by atoms with van der Waals surface area (Å²) in [7, 11) is -4.11. The first-order valence-corrected chi connectivity index (χ1v) is 9.55. The number of benzene rings is 2. The van der Waals surface area contributed by atoms with Crippen molar-refractivity contribution >= 4 is 27.6 Å². The zero-order chi connectivity index (χ0) is 20.5. The minimum absolute atomic E-state index is 0.0392. The lowest BCUT2D eigenvalue weighted by atomic mass is 9.98. The largest absolute Gasteiger partial charge is 0.380 e. The molecule has 0 aromatic heterocycles. The molecule has 3 rings (SSSR count). The van der Waals surface area contributed by atoms with Gasteiger partial charge in [0.25, 0.3) is 5.69 Å². The SMILES string of the molecule is CC(=O)N1N=C(c2ccc(OS(N)(=O)=O)cc2)CC1c1ccc([N+](=O)[O-])cc1. The molecule has 0 fully saturated rings. The number of non-ortho nitro benzene ring substituents is 1. The van der Waals surface area contributed by atoms with Crippen LogP contribution in [-0.2, 0) is 15.1 Å². The third kappa shape index (κ3) is 4.32. The standard InChI is InChI=1S/C17H16N4O6S/c1-11(22)20-17(13-2-6-14(7-3-13)21(23)24)10-16(19-20)12-4-8-15(9-5-12)27-28(18,25)26/h2-9,17H,10H2,1H3,(H2,18,25,26). The lowest BCUT2D eigenvalue weighted by molar-refractivity contribution is -0.384. The third-order valence-corrected chi connectivity index (χ3v) is 4.55. The maximum atomic E-state index is 12.0. The molecule has 1 heterocycles. The fourth-order valence-electron chi connectivity index (χ4n) is 2.89. The van der Waals surface area contributed by atoms with Crippen LogP contribution in [0.25, 0.3) is 0 Å². The molecule has 2 N–H and O–H groups in total. The van der Waals surface area contributed by atoms with Crippen molar-refractivity contribution in [2.75, 3.05) is 0 Å². The van der Waals surface area contributed by atoms with E-state index in [1.807, 2.05) is 0 Å². The van der Waals surface area contributed by atoms with Gasteiger partial charge in [-0.2, -0.15) is 18.7 Å². The predicted octanol–water partition coefficient (Wildman–Crippen LogP) is 1.87. The van der Waals surface area contributed by atoms with Crippen molar-refractivity contribution in [1.82, 2.24) is 5.01 Å².